The van der Waals surface area contributed by atoms with E-state index >= 15 is 0 Å². The van der Waals surface area contributed by atoms with Crippen molar-refractivity contribution in [1.29, 1.82) is 0 Å². The summed E-state index contributed by atoms with van der Waals surface area (Å²) in [7, 11) is 0. The Morgan fingerprint density at radius 3 is 2.60 bits per heavy atom. The minimum absolute atomic E-state index is 0.153. The molecule has 2 N–H and O–H groups in total. The Bertz CT molecular complexity index is 373. The predicted molar refractivity (Wildman–Crippen MR) is 61.9 cm³/mol. The smallest absolute Gasteiger partial charge is 0.119 e. The van der Waals surface area contributed by atoms with Crippen molar-refractivity contribution in [3.05, 3.63) is 29.8 Å². The molecule has 1 saturated carbocycles. The van der Waals surface area contributed by atoms with Gasteiger partial charge in [-0.15, -0.1) is 0 Å². The topological polar surface area (TPSA) is 35.2 Å². The van der Waals surface area contributed by atoms with Gasteiger partial charge in [-0.3, -0.25) is 0 Å². The first-order valence-corrected chi connectivity index (χ1v) is 5.52. The Kier molecular flexibility index (Phi) is 2.27. The van der Waals surface area contributed by atoms with E-state index in [2.05, 4.69) is 26.0 Å². The van der Waals surface area contributed by atoms with Crippen molar-refractivity contribution in [1.82, 2.24) is 0 Å². The van der Waals surface area contributed by atoms with Gasteiger partial charge >= 0.3 is 0 Å². The molecule has 15 heavy (non-hydrogen) atoms. The minimum Gasteiger partial charge on any atom is -0.494 e. The molecule has 0 bridgehead atoms. The van der Waals surface area contributed by atoms with Crippen LogP contribution in [-0.2, 0) is 5.54 Å². The van der Waals surface area contributed by atoms with Gasteiger partial charge in [-0.1, -0.05) is 26.0 Å². The van der Waals surface area contributed by atoms with Gasteiger partial charge in [0.25, 0.3) is 0 Å². The standard InChI is InChI=1S/C13H19NO/c1-4-15-11-7-5-6-10(8-11)13(14)9-12(13,2)3/h5-8H,4,9,14H2,1-3H3. The fourth-order valence-corrected chi connectivity index (χ4v) is 2.18. The molecule has 0 aromatic heterocycles. The van der Waals surface area contributed by atoms with Crippen LogP contribution in [0.4, 0.5) is 0 Å². The molecule has 1 aromatic rings. The van der Waals surface area contributed by atoms with Crippen LogP contribution in [0.25, 0.3) is 0 Å². The molecule has 0 spiro atoms. The molecule has 0 heterocycles. The molecule has 0 saturated heterocycles. The zero-order valence-electron chi connectivity index (χ0n) is 9.71. The molecule has 1 aliphatic carbocycles. The normalized spacial score (nSPS) is 27.5. The van der Waals surface area contributed by atoms with Gasteiger partial charge in [-0.2, -0.15) is 0 Å². The first-order chi connectivity index (χ1) is 6.99. The highest BCUT2D eigenvalue weighted by molar-refractivity contribution is 5.39. The van der Waals surface area contributed by atoms with Crippen LogP contribution in [0.15, 0.2) is 24.3 Å². The summed E-state index contributed by atoms with van der Waals surface area (Å²) in [4.78, 5) is 0. The fraction of sp³-hybridized carbons (Fsp3) is 0.538. The molecular weight excluding hydrogens is 186 g/mol. The van der Waals surface area contributed by atoms with Gasteiger partial charge in [-0.05, 0) is 36.5 Å². The second kappa shape index (κ2) is 3.24. The molecule has 1 aromatic carbocycles. The highest BCUT2D eigenvalue weighted by Gasteiger charge is 2.59. The average Bonchev–Trinajstić information content (AvgIpc) is 2.69. The maximum absolute atomic E-state index is 6.36. The Morgan fingerprint density at radius 1 is 1.40 bits per heavy atom. The first-order valence-electron chi connectivity index (χ1n) is 5.52. The number of benzene rings is 1. The molecule has 82 valence electrons. The highest BCUT2D eigenvalue weighted by atomic mass is 16.5. The van der Waals surface area contributed by atoms with Crippen LogP contribution in [0.2, 0.25) is 0 Å². The maximum atomic E-state index is 6.36. The van der Waals surface area contributed by atoms with Gasteiger partial charge in [0.15, 0.2) is 0 Å². The number of hydrogen-bond donors (Lipinski definition) is 1. The second-order valence-electron chi connectivity index (χ2n) is 4.99. The molecule has 1 atom stereocenters. The predicted octanol–water partition coefficient (Wildman–Crippen LogP) is 2.67. The summed E-state index contributed by atoms with van der Waals surface area (Å²) < 4.78 is 5.48. The number of rotatable bonds is 3. The lowest BCUT2D eigenvalue weighted by molar-refractivity contribution is 0.339. The van der Waals surface area contributed by atoms with Crippen molar-refractivity contribution in [2.45, 2.75) is 32.7 Å². The molecule has 2 rings (SSSR count). The Hall–Kier alpha value is -1.02. The summed E-state index contributed by atoms with van der Waals surface area (Å²) in [6.07, 6.45) is 1.05. The Balaban J connectivity index is 2.27. The van der Waals surface area contributed by atoms with Crippen LogP contribution in [0.5, 0.6) is 5.75 Å². The summed E-state index contributed by atoms with van der Waals surface area (Å²) in [5.41, 5.74) is 7.62. The van der Waals surface area contributed by atoms with E-state index in [-0.39, 0.29) is 11.0 Å². The van der Waals surface area contributed by atoms with E-state index in [0.29, 0.717) is 6.61 Å². The quantitative estimate of drug-likeness (QED) is 0.823. The van der Waals surface area contributed by atoms with Crippen LogP contribution < -0.4 is 10.5 Å². The van der Waals surface area contributed by atoms with E-state index in [0.717, 1.165) is 12.2 Å². The van der Waals surface area contributed by atoms with Gasteiger partial charge < -0.3 is 10.5 Å². The third-order valence-corrected chi connectivity index (χ3v) is 3.46. The van der Waals surface area contributed by atoms with E-state index in [4.69, 9.17) is 10.5 Å². The van der Waals surface area contributed by atoms with Gasteiger partial charge in [0.2, 0.25) is 0 Å². The minimum atomic E-state index is -0.153. The van der Waals surface area contributed by atoms with E-state index < -0.39 is 0 Å². The summed E-state index contributed by atoms with van der Waals surface area (Å²) in [5, 5.41) is 0. The van der Waals surface area contributed by atoms with Crippen molar-refractivity contribution < 1.29 is 4.74 Å². The van der Waals surface area contributed by atoms with E-state index in [1.807, 2.05) is 19.1 Å². The van der Waals surface area contributed by atoms with Gasteiger partial charge in [-0.25, -0.2) is 0 Å². The van der Waals surface area contributed by atoms with Crippen LogP contribution in [0.1, 0.15) is 32.8 Å². The molecule has 1 unspecified atom stereocenters. The van der Waals surface area contributed by atoms with E-state index in [1.54, 1.807) is 0 Å². The summed E-state index contributed by atoms with van der Waals surface area (Å²) in [6, 6.07) is 8.16. The third-order valence-electron chi connectivity index (χ3n) is 3.46. The molecule has 0 aliphatic heterocycles. The van der Waals surface area contributed by atoms with Crippen molar-refractivity contribution in [2.24, 2.45) is 11.1 Å². The van der Waals surface area contributed by atoms with E-state index in [1.165, 1.54) is 5.56 Å². The first kappa shape index (κ1) is 10.5. The van der Waals surface area contributed by atoms with Crippen LogP contribution >= 0.6 is 0 Å². The molecule has 0 radical (unpaired) electrons. The number of ether oxygens (including phenoxy) is 1. The van der Waals surface area contributed by atoms with Crippen molar-refractivity contribution in [3.8, 4) is 5.75 Å². The van der Waals surface area contributed by atoms with Gasteiger partial charge in [0, 0.05) is 5.54 Å². The van der Waals surface area contributed by atoms with Crippen molar-refractivity contribution in [3.63, 3.8) is 0 Å². The van der Waals surface area contributed by atoms with Crippen LogP contribution in [-0.4, -0.2) is 6.61 Å². The summed E-state index contributed by atoms with van der Waals surface area (Å²) in [6.45, 7) is 7.11. The number of hydrogen-bond acceptors (Lipinski definition) is 2. The second-order valence-corrected chi connectivity index (χ2v) is 4.99. The lowest BCUT2D eigenvalue weighted by atomic mass is 9.97. The fourth-order valence-electron chi connectivity index (χ4n) is 2.18. The van der Waals surface area contributed by atoms with Crippen LogP contribution in [0.3, 0.4) is 0 Å². The van der Waals surface area contributed by atoms with Gasteiger partial charge in [0.05, 0.1) is 6.61 Å². The number of nitrogens with two attached hydrogens (primary N) is 1. The third kappa shape index (κ3) is 1.63. The van der Waals surface area contributed by atoms with Crippen molar-refractivity contribution in [2.75, 3.05) is 6.61 Å². The molecule has 2 nitrogen and oxygen atoms in total. The zero-order chi connectivity index (χ0) is 11.1. The molecule has 0 amide bonds. The molecule has 1 fully saturated rings. The molecule has 2 heteroatoms. The summed E-state index contributed by atoms with van der Waals surface area (Å²) >= 11 is 0. The Labute approximate surface area is 91.4 Å². The maximum Gasteiger partial charge on any atom is 0.119 e. The average molecular weight is 205 g/mol. The lowest BCUT2D eigenvalue weighted by Gasteiger charge is -2.16. The van der Waals surface area contributed by atoms with E-state index in [9.17, 15) is 0 Å². The molecular formula is C13H19NO. The SMILES string of the molecule is CCOc1cccc(C2(N)CC2(C)C)c1. The largest absolute Gasteiger partial charge is 0.494 e. The monoisotopic (exact) mass is 205 g/mol. The highest BCUT2D eigenvalue weighted by Crippen LogP contribution is 2.60. The van der Waals surface area contributed by atoms with Gasteiger partial charge in [0.1, 0.15) is 5.75 Å². The molecule has 1 aliphatic rings. The zero-order valence-corrected chi connectivity index (χ0v) is 9.71. The lowest BCUT2D eigenvalue weighted by Crippen LogP contribution is -2.25. The van der Waals surface area contributed by atoms with Crippen LogP contribution in [0, 0.1) is 5.41 Å². The summed E-state index contributed by atoms with van der Waals surface area (Å²) in [5.74, 6) is 0.919. The Morgan fingerprint density at radius 2 is 2.07 bits per heavy atom. The van der Waals surface area contributed by atoms with Crippen molar-refractivity contribution >= 4 is 0 Å².